The Morgan fingerprint density at radius 2 is 2.29 bits per heavy atom. The summed E-state index contributed by atoms with van der Waals surface area (Å²) in [4.78, 5) is 0. The van der Waals surface area contributed by atoms with Gasteiger partial charge in [0.15, 0.2) is 0 Å². The summed E-state index contributed by atoms with van der Waals surface area (Å²) >= 11 is 0. The third-order valence-electron chi connectivity index (χ3n) is 2.79. The van der Waals surface area contributed by atoms with Crippen molar-refractivity contribution in [2.24, 2.45) is 5.73 Å². The lowest BCUT2D eigenvalue weighted by Gasteiger charge is -2.31. The number of nitrogens with two attached hydrogens (primary N) is 1. The van der Waals surface area contributed by atoms with Gasteiger partial charge in [-0.3, -0.25) is 5.32 Å². The minimum absolute atomic E-state index is 0.0559. The highest BCUT2D eigenvalue weighted by Crippen LogP contribution is 2.19. The second-order valence-corrected chi connectivity index (χ2v) is 3.73. The summed E-state index contributed by atoms with van der Waals surface area (Å²) < 4.78 is 5.43. The average molecular weight is 196 g/mol. The summed E-state index contributed by atoms with van der Waals surface area (Å²) in [5.74, 6) is 5.90. The van der Waals surface area contributed by atoms with Crippen LogP contribution in [-0.2, 0) is 4.74 Å². The molecule has 0 amide bonds. The average Bonchev–Trinajstić information content (AvgIpc) is 2.45. The van der Waals surface area contributed by atoms with Gasteiger partial charge < -0.3 is 10.5 Å². The van der Waals surface area contributed by atoms with Crippen molar-refractivity contribution in [1.29, 1.82) is 0 Å². The van der Waals surface area contributed by atoms with E-state index in [2.05, 4.69) is 17.2 Å². The molecule has 14 heavy (non-hydrogen) atoms. The summed E-state index contributed by atoms with van der Waals surface area (Å²) in [6.45, 7) is 4.93. The smallest absolute Gasteiger partial charge is 0.0581 e. The monoisotopic (exact) mass is 196 g/mol. The molecule has 1 aliphatic rings. The minimum Gasteiger partial charge on any atom is -0.381 e. The third-order valence-corrected chi connectivity index (χ3v) is 2.79. The Bertz CT molecular complexity index is 209. The number of nitrogens with one attached hydrogen (secondary N) is 1. The maximum atomic E-state index is 5.82. The second kappa shape index (κ2) is 6.02. The highest BCUT2D eigenvalue weighted by Gasteiger charge is 2.28. The van der Waals surface area contributed by atoms with Crippen LogP contribution in [0.5, 0.6) is 0 Å². The van der Waals surface area contributed by atoms with Gasteiger partial charge >= 0.3 is 0 Å². The van der Waals surface area contributed by atoms with Gasteiger partial charge in [-0.05, 0) is 26.2 Å². The fraction of sp³-hybridized carbons (Fsp3) is 0.818. The minimum atomic E-state index is 0.0559. The Morgan fingerprint density at radius 3 is 3.00 bits per heavy atom. The molecule has 1 atom stereocenters. The fourth-order valence-electron chi connectivity index (χ4n) is 1.78. The highest BCUT2D eigenvalue weighted by molar-refractivity contribution is 5.01. The first-order valence-corrected chi connectivity index (χ1v) is 5.25. The quantitative estimate of drug-likeness (QED) is 0.646. The van der Waals surface area contributed by atoms with Crippen molar-refractivity contribution in [2.75, 3.05) is 26.3 Å². The van der Waals surface area contributed by atoms with E-state index in [0.717, 1.165) is 39.0 Å². The van der Waals surface area contributed by atoms with Gasteiger partial charge in [-0.25, -0.2) is 0 Å². The van der Waals surface area contributed by atoms with Gasteiger partial charge in [-0.15, -0.1) is 5.92 Å². The van der Waals surface area contributed by atoms with Crippen LogP contribution >= 0.6 is 0 Å². The van der Waals surface area contributed by atoms with Crippen LogP contribution in [0.3, 0.4) is 0 Å². The molecular formula is C11H20N2O. The summed E-state index contributed by atoms with van der Waals surface area (Å²) in [7, 11) is 0. The number of ether oxygens (including phenoxy) is 1. The lowest BCUT2D eigenvalue weighted by molar-refractivity contribution is 0.137. The van der Waals surface area contributed by atoms with Crippen molar-refractivity contribution in [1.82, 2.24) is 5.32 Å². The molecule has 1 heterocycles. The van der Waals surface area contributed by atoms with Crippen molar-refractivity contribution in [3.63, 3.8) is 0 Å². The molecule has 0 aliphatic carbocycles. The van der Waals surface area contributed by atoms with Crippen LogP contribution in [0.1, 0.15) is 26.2 Å². The van der Waals surface area contributed by atoms with Crippen molar-refractivity contribution in [2.45, 2.75) is 31.7 Å². The van der Waals surface area contributed by atoms with Crippen molar-refractivity contribution < 1.29 is 4.74 Å². The first kappa shape index (κ1) is 11.5. The Morgan fingerprint density at radius 1 is 1.43 bits per heavy atom. The molecule has 0 bridgehead atoms. The van der Waals surface area contributed by atoms with Gasteiger partial charge in [-0.2, -0.15) is 0 Å². The number of hydrogen-bond donors (Lipinski definition) is 2. The number of hydrogen-bond acceptors (Lipinski definition) is 3. The predicted molar refractivity (Wildman–Crippen MR) is 57.9 cm³/mol. The van der Waals surface area contributed by atoms with Gasteiger partial charge in [0.05, 0.1) is 6.54 Å². The maximum Gasteiger partial charge on any atom is 0.0581 e. The zero-order valence-corrected chi connectivity index (χ0v) is 8.94. The van der Waals surface area contributed by atoms with Crippen molar-refractivity contribution in [3.05, 3.63) is 0 Å². The van der Waals surface area contributed by atoms with Crippen molar-refractivity contribution >= 4 is 0 Å². The Hall–Kier alpha value is -0.560. The molecule has 0 aromatic carbocycles. The van der Waals surface area contributed by atoms with E-state index in [1.54, 1.807) is 0 Å². The van der Waals surface area contributed by atoms with Gasteiger partial charge in [-0.1, -0.05) is 5.92 Å². The van der Waals surface area contributed by atoms with E-state index in [0.29, 0.717) is 6.54 Å². The first-order valence-electron chi connectivity index (χ1n) is 5.25. The third kappa shape index (κ3) is 3.30. The van der Waals surface area contributed by atoms with Crippen LogP contribution in [0.15, 0.2) is 0 Å². The molecule has 3 N–H and O–H groups in total. The highest BCUT2D eigenvalue weighted by atomic mass is 16.5. The van der Waals surface area contributed by atoms with E-state index in [4.69, 9.17) is 10.5 Å². The fourth-order valence-corrected chi connectivity index (χ4v) is 1.78. The second-order valence-electron chi connectivity index (χ2n) is 3.73. The molecule has 0 aromatic heterocycles. The Labute approximate surface area is 86.4 Å². The van der Waals surface area contributed by atoms with Crippen molar-refractivity contribution in [3.8, 4) is 11.8 Å². The molecular weight excluding hydrogens is 176 g/mol. The van der Waals surface area contributed by atoms with Gasteiger partial charge in [0.2, 0.25) is 0 Å². The molecule has 1 saturated heterocycles. The molecule has 1 rings (SSSR count). The van der Waals surface area contributed by atoms with Crippen LogP contribution in [0.25, 0.3) is 0 Å². The molecule has 3 nitrogen and oxygen atoms in total. The zero-order valence-electron chi connectivity index (χ0n) is 8.94. The van der Waals surface area contributed by atoms with Gasteiger partial charge in [0, 0.05) is 25.3 Å². The summed E-state index contributed by atoms with van der Waals surface area (Å²) in [6.07, 6.45) is 3.17. The van der Waals surface area contributed by atoms with E-state index in [-0.39, 0.29) is 5.54 Å². The van der Waals surface area contributed by atoms with Crippen LogP contribution in [0.2, 0.25) is 0 Å². The van der Waals surface area contributed by atoms with Crippen LogP contribution in [-0.4, -0.2) is 31.8 Å². The molecule has 3 heteroatoms. The molecule has 0 radical (unpaired) electrons. The summed E-state index contributed by atoms with van der Waals surface area (Å²) in [6, 6.07) is 0. The lowest BCUT2D eigenvalue weighted by atomic mass is 9.90. The topological polar surface area (TPSA) is 47.3 Å². The Kier molecular flexibility index (Phi) is 4.95. The van der Waals surface area contributed by atoms with Crippen LogP contribution < -0.4 is 11.1 Å². The molecule has 0 spiro atoms. The SMILES string of the molecule is CC#CCNC1(CN)CCCOCC1. The summed E-state index contributed by atoms with van der Waals surface area (Å²) in [5.41, 5.74) is 5.88. The first-order chi connectivity index (χ1) is 6.83. The zero-order chi connectivity index (χ0) is 10.3. The molecule has 1 aliphatic heterocycles. The van der Waals surface area contributed by atoms with Gasteiger partial charge in [0.1, 0.15) is 0 Å². The molecule has 0 saturated carbocycles. The van der Waals surface area contributed by atoms with E-state index >= 15 is 0 Å². The Balaban J connectivity index is 2.47. The van der Waals surface area contributed by atoms with E-state index in [1.165, 1.54) is 0 Å². The van der Waals surface area contributed by atoms with E-state index in [9.17, 15) is 0 Å². The largest absolute Gasteiger partial charge is 0.381 e. The number of rotatable bonds is 3. The molecule has 1 unspecified atom stereocenters. The summed E-state index contributed by atoms with van der Waals surface area (Å²) in [5, 5.41) is 3.45. The van der Waals surface area contributed by atoms with Crippen LogP contribution in [0.4, 0.5) is 0 Å². The van der Waals surface area contributed by atoms with Crippen LogP contribution in [0, 0.1) is 11.8 Å². The molecule has 1 fully saturated rings. The normalized spacial score (nSPS) is 27.6. The van der Waals surface area contributed by atoms with E-state index < -0.39 is 0 Å². The maximum absolute atomic E-state index is 5.82. The standard InChI is InChI=1S/C11H20N2O/c1-2-3-7-13-11(10-12)5-4-8-14-9-6-11/h13H,4-10,12H2,1H3. The lowest BCUT2D eigenvalue weighted by Crippen LogP contribution is -2.51. The molecule has 80 valence electrons. The van der Waals surface area contributed by atoms with Gasteiger partial charge in [0.25, 0.3) is 0 Å². The molecule has 0 aromatic rings. The van der Waals surface area contributed by atoms with E-state index in [1.807, 2.05) is 6.92 Å². The predicted octanol–water partition coefficient (Wildman–Crippen LogP) is 0.497.